The van der Waals surface area contributed by atoms with Crippen LogP contribution in [0.15, 0.2) is 89.7 Å². The first-order valence-corrected chi connectivity index (χ1v) is 17.7. The molecule has 48 heavy (non-hydrogen) atoms. The summed E-state index contributed by atoms with van der Waals surface area (Å²) in [6, 6.07) is 15.0. The van der Waals surface area contributed by atoms with E-state index in [4.69, 9.17) is 19.2 Å². The van der Waals surface area contributed by atoms with Crippen LogP contribution < -0.4 is 14.8 Å². The number of aliphatic imine (C=N–C) groups is 1. The number of nitrogens with zero attached hydrogens (tertiary/aromatic N) is 3. The molecule has 0 fully saturated rings. The summed E-state index contributed by atoms with van der Waals surface area (Å²) in [6.07, 6.45) is 14.3. The van der Waals surface area contributed by atoms with Crippen molar-refractivity contribution in [2.24, 2.45) is 4.99 Å². The number of nitrogens with one attached hydrogen (secondary N) is 1. The van der Waals surface area contributed by atoms with E-state index in [-0.39, 0.29) is 6.04 Å². The van der Waals surface area contributed by atoms with Gasteiger partial charge in [0, 0.05) is 61.7 Å². The number of benzene rings is 2. The third-order valence-corrected chi connectivity index (χ3v) is 8.77. The first-order valence-electron chi connectivity index (χ1n) is 17.7. The van der Waals surface area contributed by atoms with Gasteiger partial charge in [-0.2, -0.15) is 0 Å². The zero-order chi connectivity index (χ0) is 34.7. The highest BCUT2D eigenvalue weighted by molar-refractivity contribution is 6.05. The van der Waals surface area contributed by atoms with Crippen LogP contribution in [-0.2, 0) is 11.3 Å². The highest BCUT2D eigenvalue weighted by Gasteiger charge is 2.17. The Morgan fingerprint density at radius 1 is 0.917 bits per heavy atom. The molecular formula is C41H60N4O3. The molecule has 0 heterocycles. The molecule has 3 rings (SSSR count). The van der Waals surface area contributed by atoms with Gasteiger partial charge in [0.25, 0.3) is 0 Å². The van der Waals surface area contributed by atoms with Crippen LogP contribution in [0, 0.1) is 0 Å². The summed E-state index contributed by atoms with van der Waals surface area (Å²) < 4.78 is 17.1. The van der Waals surface area contributed by atoms with E-state index in [1.54, 1.807) is 14.2 Å². The van der Waals surface area contributed by atoms with Crippen molar-refractivity contribution in [3.63, 3.8) is 0 Å². The minimum absolute atomic E-state index is 0.282. The molecule has 0 aromatic heterocycles. The first kappa shape index (κ1) is 38.6. The number of hydrogen-bond donors (Lipinski definition) is 1. The van der Waals surface area contributed by atoms with Gasteiger partial charge in [-0.3, -0.25) is 9.89 Å². The number of rotatable bonds is 22. The molecule has 0 spiro atoms. The Hall–Kier alpha value is -3.81. The van der Waals surface area contributed by atoms with Gasteiger partial charge in [0.05, 0.1) is 14.2 Å². The molecule has 2 aromatic rings. The highest BCUT2D eigenvalue weighted by atomic mass is 16.5. The van der Waals surface area contributed by atoms with E-state index in [9.17, 15) is 0 Å². The van der Waals surface area contributed by atoms with E-state index >= 15 is 0 Å². The second-order valence-corrected chi connectivity index (χ2v) is 12.6. The lowest BCUT2D eigenvalue weighted by atomic mass is 9.94. The molecule has 0 radical (unpaired) electrons. The van der Waals surface area contributed by atoms with Crippen molar-refractivity contribution in [3.8, 4) is 11.5 Å². The SMILES string of the molecule is C=C(NC(CC)CCN(C)Cc1ccc(OCCN(CCC)CCC)cc1)c1cc(OC)ccc1C(CC1=CC=C(OC)C=CC1)=NC. The molecule has 1 aliphatic rings. The van der Waals surface area contributed by atoms with Crippen molar-refractivity contribution in [1.82, 2.24) is 15.1 Å². The van der Waals surface area contributed by atoms with Gasteiger partial charge >= 0.3 is 0 Å². The normalized spacial score (nSPS) is 14.0. The third-order valence-electron chi connectivity index (χ3n) is 8.77. The Bertz CT molecular complexity index is 1390. The van der Waals surface area contributed by atoms with Crippen molar-refractivity contribution < 1.29 is 14.2 Å². The first-order chi connectivity index (χ1) is 23.3. The predicted molar refractivity (Wildman–Crippen MR) is 203 cm³/mol. The second kappa shape index (κ2) is 21.2. The average Bonchev–Trinajstić information content (AvgIpc) is 3.34. The van der Waals surface area contributed by atoms with E-state index < -0.39 is 0 Å². The summed E-state index contributed by atoms with van der Waals surface area (Å²) in [5.74, 6) is 2.60. The molecule has 7 nitrogen and oxygen atoms in total. The summed E-state index contributed by atoms with van der Waals surface area (Å²) in [5, 5.41) is 3.75. The van der Waals surface area contributed by atoms with Crippen LogP contribution in [-0.4, -0.2) is 82.7 Å². The van der Waals surface area contributed by atoms with E-state index in [0.717, 1.165) is 105 Å². The summed E-state index contributed by atoms with van der Waals surface area (Å²) in [5.41, 5.74) is 6.55. The largest absolute Gasteiger partial charge is 0.497 e. The molecule has 0 saturated carbocycles. The Kier molecular flexibility index (Phi) is 17.1. The zero-order valence-corrected chi connectivity index (χ0v) is 30.7. The molecule has 0 bridgehead atoms. The standard InChI is InChI=1S/C41H60N4O3/c1-9-24-45(25-10-2)27-28-48-37-19-16-34(17-20-37)31-44(6)26-23-35(11-3)43-32(4)40-30-38(47-8)21-22-39(40)41(42-5)29-33-13-12-14-36(46-7)18-15-33/h12,14-22,30,35,43H,4,9-11,13,23-29,31H2,1-3,5-8H3. The molecule has 262 valence electrons. The molecule has 0 saturated heterocycles. The minimum atomic E-state index is 0.282. The van der Waals surface area contributed by atoms with Gasteiger partial charge in [-0.25, -0.2) is 0 Å². The van der Waals surface area contributed by atoms with Crippen LogP contribution in [0.2, 0.25) is 0 Å². The summed E-state index contributed by atoms with van der Waals surface area (Å²) in [7, 11) is 7.45. The van der Waals surface area contributed by atoms with Gasteiger partial charge in [-0.15, -0.1) is 0 Å². The van der Waals surface area contributed by atoms with E-state index in [0.29, 0.717) is 0 Å². The maximum Gasteiger partial charge on any atom is 0.119 e. The zero-order valence-electron chi connectivity index (χ0n) is 30.7. The fourth-order valence-electron chi connectivity index (χ4n) is 6.00. The molecule has 1 unspecified atom stereocenters. The molecule has 0 amide bonds. The smallest absolute Gasteiger partial charge is 0.119 e. The Morgan fingerprint density at radius 3 is 2.29 bits per heavy atom. The van der Waals surface area contributed by atoms with Gasteiger partial charge in [-0.1, -0.05) is 57.2 Å². The monoisotopic (exact) mass is 656 g/mol. The minimum Gasteiger partial charge on any atom is -0.497 e. The summed E-state index contributed by atoms with van der Waals surface area (Å²) >= 11 is 0. The molecule has 2 aromatic carbocycles. The van der Waals surface area contributed by atoms with Crippen molar-refractivity contribution in [2.75, 3.05) is 61.1 Å². The van der Waals surface area contributed by atoms with Gasteiger partial charge in [0.2, 0.25) is 0 Å². The van der Waals surface area contributed by atoms with Gasteiger partial charge < -0.3 is 24.4 Å². The maximum absolute atomic E-state index is 6.05. The summed E-state index contributed by atoms with van der Waals surface area (Å²) in [6.45, 7) is 17.0. The van der Waals surface area contributed by atoms with E-state index in [1.165, 1.54) is 24.0 Å². The fourth-order valence-corrected chi connectivity index (χ4v) is 6.00. The average molecular weight is 657 g/mol. The van der Waals surface area contributed by atoms with Crippen LogP contribution in [0.5, 0.6) is 11.5 Å². The van der Waals surface area contributed by atoms with Crippen molar-refractivity contribution in [1.29, 1.82) is 0 Å². The number of allylic oxidation sites excluding steroid dienone is 5. The van der Waals surface area contributed by atoms with Crippen LogP contribution in [0.1, 0.15) is 76.0 Å². The van der Waals surface area contributed by atoms with Crippen molar-refractivity contribution in [3.05, 3.63) is 101 Å². The van der Waals surface area contributed by atoms with Crippen LogP contribution in [0.4, 0.5) is 0 Å². The third kappa shape index (κ3) is 12.7. The Balaban J connectivity index is 1.57. The second-order valence-electron chi connectivity index (χ2n) is 12.6. The molecule has 1 N–H and O–H groups in total. The van der Waals surface area contributed by atoms with E-state index in [1.807, 2.05) is 25.3 Å². The van der Waals surface area contributed by atoms with Crippen LogP contribution in [0.25, 0.3) is 5.70 Å². The predicted octanol–water partition coefficient (Wildman–Crippen LogP) is 8.28. The van der Waals surface area contributed by atoms with Crippen LogP contribution >= 0.6 is 0 Å². The molecule has 1 atom stereocenters. The lowest BCUT2D eigenvalue weighted by Crippen LogP contribution is -2.32. The lowest BCUT2D eigenvalue weighted by molar-refractivity contribution is 0.209. The molecule has 1 aliphatic carbocycles. The van der Waals surface area contributed by atoms with Crippen molar-refractivity contribution >= 4 is 11.4 Å². The number of hydrogen-bond acceptors (Lipinski definition) is 7. The fraction of sp³-hybridized carbons (Fsp3) is 0.488. The van der Waals surface area contributed by atoms with Gasteiger partial charge in [-0.05, 0) is 100 Å². The maximum atomic E-state index is 6.05. The Morgan fingerprint density at radius 2 is 1.65 bits per heavy atom. The van der Waals surface area contributed by atoms with Gasteiger partial charge in [0.1, 0.15) is 23.9 Å². The summed E-state index contributed by atoms with van der Waals surface area (Å²) in [4.78, 5) is 9.60. The number of ether oxygens (including phenoxy) is 3. The Labute approximate surface area is 291 Å². The van der Waals surface area contributed by atoms with E-state index in [2.05, 4.69) is 98.1 Å². The highest BCUT2D eigenvalue weighted by Crippen LogP contribution is 2.27. The molecule has 7 heteroatoms. The molecular weight excluding hydrogens is 596 g/mol. The van der Waals surface area contributed by atoms with Gasteiger partial charge in [0.15, 0.2) is 0 Å². The topological polar surface area (TPSA) is 58.6 Å². The lowest BCUT2D eigenvalue weighted by Gasteiger charge is -2.25. The van der Waals surface area contributed by atoms with Crippen molar-refractivity contribution in [2.45, 2.75) is 71.9 Å². The number of methoxy groups -OCH3 is 2. The van der Waals surface area contributed by atoms with Crippen LogP contribution in [0.3, 0.4) is 0 Å². The molecule has 0 aliphatic heterocycles. The quantitative estimate of drug-likeness (QED) is 0.129.